The van der Waals surface area contributed by atoms with Gasteiger partial charge in [0.05, 0.1) is 30.7 Å². The molecule has 16 atom stereocenters. The minimum atomic E-state index is -2.25. The van der Waals surface area contributed by atoms with E-state index in [-0.39, 0.29) is 12.8 Å². The number of carbonyl (C=O) groups excluding carboxylic acids is 14. The van der Waals surface area contributed by atoms with Gasteiger partial charge in [-0.05, 0) is 76.2 Å². The molecule has 3 heterocycles. The normalized spacial score (nSPS) is 27.7. The zero-order valence-electron chi connectivity index (χ0n) is 68.9. The van der Waals surface area contributed by atoms with Crippen LogP contribution in [0.2, 0.25) is 0 Å². The van der Waals surface area contributed by atoms with E-state index in [1.54, 1.807) is 107 Å². The number of nitrogens with zero attached hydrogens (tertiary/aromatic N) is 10. The van der Waals surface area contributed by atoms with Gasteiger partial charge in [0.2, 0.25) is 65.0 Å². The molecule has 32 nitrogen and oxygen atoms in total. The highest BCUT2D eigenvalue weighted by atomic mass is 16.6. The first-order valence-corrected chi connectivity index (χ1v) is 37.3. The fraction of sp³-hybridized carbons (Fsp3) is 0.737. The van der Waals surface area contributed by atoms with Crippen molar-refractivity contribution in [1.29, 1.82) is 0 Å². The number of anilines is 1. The zero-order chi connectivity index (χ0) is 83.1. The van der Waals surface area contributed by atoms with Crippen molar-refractivity contribution < 1.29 is 91.9 Å². The maximum atomic E-state index is 15.6. The molecular formula is C76H125N13O19. The SMILES string of the molecule is CCC(C)C1NC(=O)C(C(C)C)N(C)C(=O)C2CC3(O)c4ccccc4NC3N2C(=O)CN(C)C(=O)C(C(C)CC)N(C)C(=O)C(C(C)C)NC(=O)C(OC(C)=O)N(C)C(=O)C(C(C)C(C)OC(=O)CC(C)(C)O)N(C)C(=O)C(C(C)(C)O)N(C)C(=O)CN(C)C(=O)C(C(C)C)N(C)C(=O)C(C(C)C)N(C)C1=O. The first-order chi connectivity index (χ1) is 49.6. The van der Waals surface area contributed by atoms with Crippen LogP contribution in [0.1, 0.15) is 163 Å². The van der Waals surface area contributed by atoms with E-state index in [2.05, 4.69) is 16.0 Å². The lowest BCUT2D eigenvalue weighted by atomic mass is 9.90. The van der Waals surface area contributed by atoms with Crippen LogP contribution in [-0.4, -0.2) is 308 Å². The molecular weight excluding hydrogens is 1400 g/mol. The highest BCUT2D eigenvalue weighted by Crippen LogP contribution is 2.50. The lowest BCUT2D eigenvalue weighted by Crippen LogP contribution is -2.65. The molecule has 3 aliphatic rings. The molecule has 0 aliphatic carbocycles. The average Bonchev–Trinajstić information content (AvgIpc) is 1.55. The first-order valence-electron chi connectivity index (χ1n) is 37.3. The second-order valence-electron chi connectivity index (χ2n) is 32.6. The molecule has 4 rings (SSSR count). The second-order valence-corrected chi connectivity index (χ2v) is 32.6. The number of likely N-dealkylation sites (N-methyl/N-ethyl adjacent to an activating group) is 9. The number of nitrogens with one attached hydrogen (secondary N) is 3. The standard InChI is InChI=1S/C76H125N13O19/c1-29-43(11)55-66(98)84(24)58(42(9)10)69(101)85(25)57(41(7)8)67(99)80(20)37-51(91)82(22)61(75(18,19)105)71(103)87(27)60(45(13)46(14)107-53(93)36-74(16,17)104)70(102)88(28)72(108-47(15)90)63(95)78-54(39(3)4)65(97)86(26)59(44(12)30-2)68(100)81(21)38-52(92)89-50(64(96)83(23)56(40(5)6)62(94)79-55)35-76(106)48-33-31-32-34-49(48)77-73(76)89/h31-34,39-46,50,54-61,72-73,77,104-106H,29-30,35-38H2,1-28H3,(H,78,95)(H,79,94). The Labute approximate surface area is 637 Å². The van der Waals surface area contributed by atoms with Crippen molar-refractivity contribution in [1.82, 2.24) is 59.6 Å². The summed E-state index contributed by atoms with van der Waals surface area (Å²) in [6, 6.07) is -6.71. The maximum absolute atomic E-state index is 15.6. The molecule has 608 valence electrons. The summed E-state index contributed by atoms with van der Waals surface area (Å²) >= 11 is 0. The van der Waals surface area contributed by atoms with Crippen molar-refractivity contribution in [2.45, 2.75) is 247 Å². The predicted octanol–water partition coefficient (Wildman–Crippen LogP) is 1.65. The summed E-state index contributed by atoms with van der Waals surface area (Å²) in [5.74, 6) is -17.9. The number of amides is 12. The van der Waals surface area contributed by atoms with Crippen molar-refractivity contribution in [2.75, 3.05) is 81.8 Å². The molecule has 1 aromatic carbocycles. The molecule has 0 aromatic heterocycles. The molecule has 0 spiro atoms. The smallest absolute Gasteiger partial charge is 0.308 e. The maximum Gasteiger partial charge on any atom is 0.308 e. The Hall–Kier alpha value is -8.52. The first kappa shape index (κ1) is 91.9. The molecule has 108 heavy (non-hydrogen) atoms. The highest BCUT2D eigenvalue weighted by molar-refractivity contribution is 6.01. The van der Waals surface area contributed by atoms with Gasteiger partial charge in [0.1, 0.15) is 72.2 Å². The van der Waals surface area contributed by atoms with Crippen LogP contribution >= 0.6 is 0 Å². The Morgan fingerprint density at radius 1 is 0.519 bits per heavy atom. The Bertz CT molecular complexity index is 3480. The molecule has 3 aliphatic heterocycles. The molecule has 16 unspecified atom stereocenters. The topological polar surface area (TPSA) is 387 Å². The van der Waals surface area contributed by atoms with E-state index in [4.69, 9.17) is 9.47 Å². The van der Waals surface area contributed by atoms with E-state index >= 15 is 47.9 Å². The molecule has 0 saturated carbocycles. The van der Waals surface area contributed by atoms with Gasteiger partial charge >= 0.3 is 11.9 Å². The van der Waals surface area contributed by atoms with Gasteiger partial charge in [-0.25, -0.2) is 0 Å². The summed E-state index contributed by atoms with van der Waals surface area (Å²) in [6.45, 7) is 27.6. The fourth-order valence-electron chi connectivity index (χ4n) is 15.0. The minimum Gasteiger partial charge on any atom is -0.462 e. The quantitative estimate of drug-likeness (QED) is 0.136. The number of hydrogen-bond acceptors (Lipinski definition) is 20. The van der Waals surface area contributed by atoms with Crippen molar-refractivity contribution in [2.24, 2.45) is 41.4 Å². The van der Waals surface area contributed by atoms with Gasteiger partial charge in [0.25, 0.3) is 12.1 Å². The number of para-hydroxylation sites is 1. The molecule has 0 bridgehead atoms. The largest absolute Gasteiger partial charge is 0.462 e. The molecule has 2 fully saturated rings. The van der Waals surface area contributed by atoms with Crippen LogP contribution in [0.4, 0.5) is 5.69 Å². The van der Waals surface area contributed by atoms with E-state index in [0.717, 1.165) is 55.3 Å². The van der Waals surface area contributed by atoms with Crippen LogP contribution < -0.4 is 16.0 Å². The van der Waals surface area contributed by atoms with Gasteiger partial charge in [0.15, 0.2) is 0 Å². The van der Waals surface area contributed by atoms with Crippen LogP contribution in [-0.2, 0) is 82.2 Å². The summed E-state index contributed by atoms with van der Waals surface area (Å²) < 4.78 is 11.3. The van der Waals surface area contributed by atoms with Crippen LogP contribution in [0.3, 0.4) is 0 Å². The van der Waals surface area contributed by atoms with Crippen LogP contribution in [0.25, 0.3) is 0 Å². The summed E-state index contributed by atoms with van der Waals surface area (Å²) in [7, 11) is 11.4. The van der Waals surface area contributed by atoms with Crippen molar-refractivity contribution in [3.8, 4) is 0 Å². The molecule has 0 radical (unpaired) electrons. The van der Waals surface area contributed by atoms with Crippen molar-refractivity contribution in [3.05, 3.63) is 29.8 Å². The van der Waals surface area contributed by atoms with E-state index in [1.807, 2.05) is 0 Å². The minimum absolute atomic E-state index is 0.277. The van der Waals surface area contributed by atoms with Crippen LogP contribution in [0, 0.1) is 41.4 Å². The van der Waals surface area contributed by atoms with Crippen LogP contribution in [0.15, 0.2) is 24.3 Å². The number of carbonyl (C=O) groups is 14. The van der Waals surface area contributed by atoms with Gasteiger partial charge in [-0.3, -0.25) is 67.1 Å². The Kier molecular flexibility index (Phi) is 31.3. The third kappa shape index (κ3) is 20.5. The number of aliphatic hydroxyl groups is 3. The highest BCUT2D eigenvalue weighted by Gasteiger charge is 2.61. The molecule has 32 heteroatoms. The third-order valence-corrected chi connectivity index (χ3v) is 21.5. The Morgan fingerprint density at radius 3 is 1.45 bits per heavy atom. The van der Waals surface area contributed by atoms with E-state index in [9.17, 15) is 34.5 Å². The van der Waals surface area contributed by atoms with E-state index < -0.39 is 233 Å². The molecule has 2 saturated heterocycles. The third-order valence-electron chi connectivity index (χ3n) is 21.5. The number of benzene rings is 1. The summed E-state index contributed by atoms with van der Waals surface area (Å²) in [4.78, 5) is 219. The Morgan fingerprint density at radius 2 is 0.963 bits per heavy atom. The predicted molar refractivity (Wildman–Crippen MR) is 400 cm³/mol. The number of rotatable bonds is 15. The Balaban J connectivity index is 2.04. The lowest BCUT2D eigenvalue weighted by Gasteiger charge is -2.43. The fourth-order valence-corrected chi connectivity index (χ4v) is 15.0. The van der Waals surface area contributed by atoms with Crippen molar-refractivity contribution >= 4 is 88.5 Å². The zero-order valence-corrected chi connectivity index (χ0v) is 68.9. The molecule has 12 amide bonds. The molecule has 6 N–H and O–H groups in total. The average molecular weight is 1520 g/mol. The number of esters is 2. The van der Waals surface area contributed by atoms with E-state index in [0.29, 0.717) is 22.6 Å². The number of fused-ring (bicyclic) bond motifs is 5. The summed E-state index contributed by atoms with van der Waals surface area (Å²) in [5.41, 5.74) is -4.82. The summed E-state index contributed by atoms with van der Waals surface area (Å²) in [6.07, 6.45) is -5.15. The van der Waals surface area contributed by atoms with Crippen LogP contribution in [0.5, 0.6) is 0 Å². The van der Waals surface area contributed by atoms with Crippen molar-refractivity contribution in [3.63, 3.8) is 0 Å². The van der Waals surface area contributed by atoms with Gasteiger partial charge in [0, 0.05) is 93.9 Å². The number of hydrogen-bond donors (Lipinski definition) is 6. The second kappa shape index (κ2) is 36.8. The van der Waals surface area contributed by atoms with Gasteiger partial charge in [-0.15, -0.1) is 0 Å². The van der Waals surface area contributed by atoms with Gasteiger partial charge < -0.3 is 89.7 Å². The monoisotopic (exact) mass is 1520 g/mol. The van der Waals surface area contributed by atoms with Gasteiger partial charge in [-0.1, -0.05) is 121 Å². The molecule has 1 aromatic rings. The summed E-state index contributed by atoms with van der Waals surface area (Å²) in [5, 5.41) is 44.1. The number of ether oxygens (including phenoxy) is 2. The van der Waals surface area contributed by atoms with E-state index in [1.165, 1.54) is 101 Å². The lowest BCUT2D eigenvalue weighted by molar-refractivity contribution is -0.176. The van der Waals surface area contributed by atoms with Gasteiger partial charge in [-0.2, -0.15) is 0 Å².